The summed E-state index contributed by atoms with van der Waals surface area (Å²) >= 11 is 1.29. The molecule has 1 amide bonds. The molecule has 0 aromatic carbocycles. The number of furan rings is 1. The SMILES string of the molecule is Cl.O=C(Nc1nnc(/C=C/c2ccco2)s1)c1ccn(C2CCCNC2)n1. The van der Waals surface area contributed by atoms with Crippen molar-refractivity contribution in [3.63, 3.8) is 0 Å². The number of piperidine rings is 1. The Morgan fingerprint density at radius 1 is 1.37 bits per heavy atom. The van der Waals surface area contributed by atoms with Gasteiger partial charge < -0.3 is 9.73 Å². The van der Waals surface area contributed by atoms with Crippen molar-refractivity contribution in [2.45, 2.75) is 18.9 Å². The van der Waals surface area contributed by atoms with Crippen molar-refractivity contribution in [2.75, 3.05) is 18.4 Å². The molecule has 0 saturated carbocycles. The minimum Gasteiger partial charge on any atom is -0.465 e. The molecule has 2 N–H and O–H groups in total. The maximum atomic E-state index is 12.4. The number of nitrogens with one attached hydrogen (secondary N) is 2. The standard InChI is InChI=1S/C17H18N6O2S.ClH/c24-16(14-7-9-23(22-14)12-3-1-8-18-11-12)19-17-21-20-15(26-17)6-5-13-4-2-10-25-13;/h2,4-7,9-10,12,18H,1,3,8,11H2,(H,19,21,24);1H/b6-5+;. The van der Waals surface area contributed by atoms with E-state index in [-0.39, 0.29) is 18.3 Å². The van der Waals surface area contributed by atoms with Crippen LogP contribution in [0.1, 0.15) is 40.1 Å². The van der Waals surface area contributed by atoms with Crippen LogP contribution in [0.25, 0.3) is 12.2 Å². The minimum absolute atomic E-state index is 0. The first-order valence-electron chi connectivity index (χ1n) is 8.40. The number of halogens is 1. The molecule has 4 rings (SSSR count). The Balaban J connectivity index is 0.00000210. The predicted molar refractivity (Wildman–Crippen MR) is 106 cm³/mol. The number of aromatic nitrogens is 4. The molecule has 1 unspecified atom stereocenters. The number of hydrogen-bond acceptors (Lipinski definition) is 7. The maximum absolute atomic E-state index is 12.4. The molecule has 8 nitrogen and oxygen atoms in total. The fourth-order valence-electron chi connectivity index (χ4n) is 2.77. The highest BCUT2D eigenvalue weighted by Crippen LogP contribution is 2.19. The van der Waals surface area contributed by atoms with Crippen LogP contribution in [0.15, 0.2) is 35.1 Å². The van der Waals surface area contributed by atoms with E-state index in [1.165, 1.54) is 11.3 Å². The molecule has 1 atom stereocenters. The highest BCUT2D eigenvalue weighted by Gasteiger charge is 2.18. The Labute approximate surface area is 166 Å². The van der Waals surface area contributed by atoms with E-state index in [4.69, 9.17) is 4.42 Å². The molecule has 1 aliphatic heterocycles. The second-order valence-electron chi connectivity index (χ2n) is 5.93. The summed E-state index contributed by atoms with van der Waals surface area (Å²) in [5.74, 6) is 0.443. The van der Waals surface area contributed by atoms with Crippen LogP contribution in [0.5, 0.6) is 0 Å². The minimum atomic E-state index is -0.287. The first-order chi connectivity index (χ1) is 12.8. The molecule has 1 fully saturated rings. The van der Waals surface area contributed by atoms with Gasteiger partial charge in [-0.2, -0.15) is 5.10 Å². The van der Waals surface area contributed by atoms with E-state index >= 15 is 0 Å². The summed E-state index contributed by atoms with van der Waals surface area (Å²) in [5.41, 5.74) is 0.374. The van der Waals surface area contributed by atoms with E-state index in [2.05, 4.69) is 25.9 Å². The fourth-order valence-corrected chi connectivity index (χ4v) is 3.42. The van der Waals surface area contributed by atoms with Crippen LogP contribution in [-0.4, -0.2) is 39.0 Å². The van der Waals surface area contributed by atoms with Crippen molar-refractivity contribution in [3.8, 4) is 0 Å². The first-order valence-corrected chi connectivity index (χ1v) is 9.22. The van der Waals surface area contributed by atoms with E-state index in [1.54, 1.807) is 24.5 Å². The Bertz CT molecular complexity index is 898. The molecule has 0 radical (unpaired) electrons. The molecule has 0 aliphatic carbocycles. The van der Waals surface area contributed by atoms with Gasteiger partial charge >= 0.3 is 0 Å². The normalized spacial score (nSPS) is 17.0. The monoisotopic (exact) mass is 406 g/mol. The van der Waals surface area contributed by atoms with Crippen LogP contribution in [0.4, 0.5) is 5.13 Å². The van der Waals surface area contributed by atoms with Crippen molar-refractivity contribution in [3.05, 3.63) is 47.1 Å². The lowest BCUT2D eigenvalue weighted by Crippen LogP contribution is -2.32. The molecule has 142 valence electrons. The molecule has 1 aliphatic rings. The Morgan fingerprint density at radius 3 is 3.07 bits per heavy atom. The van der Waals surface area contributed by atoms with Crippen LogP contribution in [0, 0.1) is 0 Å². The van der Waals surface area contributed by atoms with E-state index in [0.29, 0.717) is 21.9 Å². The van der Waals surface area contributed by atoms with Gasteiger partial charge in [0.2, 0.25) is 5.13 Å². The lowest BCUT2D eigenvalue weighted by Gasteiger charge is -2.22. The largest absolute Gasteiger partial charge is 0.465 e. The van der Waals surface area contributed by atoms with Crippen molar-refractivity contribution < 1.29 is 9.21 Å². The molecule has 0 bridgehead atoms. The Morgan fingerprint density at radius 2 is 2.30 bits per heavy atom. The third-order valence-electron chi connectivity index (χ3n) is 4.08. The van der Waals surface area contributed by atoms with Crippen LogP contribution in [0.2, 0.25) is 0 Å². The third kappa shape index (κ3) is 4.82. The van der Waals surface area contributed by atoms with Gasteiger partial charge in [-0.3, -0.25) is 14.8 Å². The van der Waals surface area contributed by atoms with E-state index < -0.39 is 0 Å². The number of amides is 1. The Kier molecular flexibility index (Phi) is 6.38. The van der Waals surface area contributed by atoms with Gasteiger partial charge in [0.05, 0.1) is 12.3 Å². The lowest BCUT2D eigenvalue weighted by atomic mass is 10.1. The summed E-state index contributed by atoms with van der Waals surface area (Å²) in [7, 11) is 0. The molecule has 1 saturated heterocycles. The van der Waals surface area contributed by atoms with Gasteiger partial charge in [0, 0.05) is 12.7 Å². The molecule has 3 aromatic rings. The number of hydrogen-bond donors (Lipinski definition) is 2. The van der Waals surface area contributed by atoms with Crippen molar-refractivity contribution in [2.24, 2.45) is 0 Å². The highest BCUT2D eigenvalue weighted by molar-refractivity contribution is 7.16. The molecule has 4 heterocycles. The van der Waals surface area contributed by atoms with Gasteiger partial charge in [-0.1, -0.05) is 11.3 Å². The molecule has 3 aromatic heterocycles. The third-order valence-corrected chi connectivity index (χ3v) is 4.88. The number of nitrogens with zero attached hydrogens (tertiary/aromatic N) is 4. The van der Waals surface area contributed by atoms with Gasteiger partial charge in [0.1, 0.15) is 10.8 Å². The summed E-state index contributed by atoms with van der Waals surface area (Å²) in [6, 6.07) is 5.68. The van der Waals surface area contributed by atoms with E-state index in [9.17, 15) is 4.79 Å². The second-order valence-corrected chi connectivity index (χ2v) is 6.94. The summed E-state index contributed by atoms with van der Waals surface area (Å²) in [6.07, 6.45) is 9.23. The number of rotatable bonds is 5. The zero-order chi connectivity index (χ0) is 17.8. The van der Waals surface area contributed by atoms with Crippen molar-refractivity contribution >= 4 is 46.9 Å². The molecule has 0 spiro atoms. The molecule has 27 heavy (non-hydrogen) atoms. The molecular formula is C17H19ClN6O2S. The van der Waals surface area contributed by atoms with Crippen LogP contribution < -0.4 is 10.6 Å². The summed E-state index contributed by atoms with van der Waals surface area (Å²) in [4.78, 5) is 12.4. The predicted octanol–water partition coefficient (Wildman–Crippen LogP) is 3.10. The fraction of sp³-hybridized carbons (Fsp3) is 0.294. The smallest absolute Gasteiger partial charge is 0.277 e. The van der Waals surface area contributed by atoms with E-state index in [0.717, 1.165) is 31.7 Å². The summed E-state index contributed by atoms with van der Waals surface area (Å²) in [5, 5.41) is 19.6. The van der Waals surface area contributed by atoms with Gasteiger partial charge in [0.15, 0.2) is 5.69 Å². The quantitative estimate of drug-likeness (QED) is 0.675. The summed E-state index contributed by atoms with van der Waals surface area (Å²) in [6.45, 7) is 1.92. The number of anilines is 1. The highest BCUT2D eigenvalue weighted by atomic mass is 35.5. The number of carbonyl (C=O) groups excluding carboxylic acids is 1. The maximum Gasteiger partial charge on any atom is 0.277 e. The second kappa shape index (κ2) is 8.94. The van der Waals surface area contributed by atoms with Crippen LogP contribution in [-0.2, 0) is 0 Å². The topological polar surface area (TPSA) is 97.9 Å². The Hall–Kier alpha value is -2.49. The van der Waals surface area contributed by atoms with Crippen LogP contribution >= 0.6 is 23.7 Å². The van der Waals surface area contributed by atoms with E-state index in [1.807, 2.05) is 23.0 Å². The number of carbonyl (C=O) groups is 1. The van der Waals surface area contributed by atoms with Crippen LogP contribution in [0.3, 0.4) is 0 Å². The van der Waals surface area contributed by atoms with Crippen molar-refractivity contribution in [1.82, 2.24) is 25.3 Å². The van der Waals surface area contributed by atoms with Gasteiger partial charge in [-0.05, 0) is 49.7 Å². The van der Waals surface area contributed by atoms with Gasteiger partial charge in [0.25, 0.3) is 5.91 Å². The molecular weight excluding hydrogens is 388 g/mol. The van der Waals surface area contributed by atoms with Crippen molar-refractivity contribution in [1.29, 1.82) is 0 Å². The van der Waals surface area contributed by atoms with Gasteiger partial charge in [-0.15, -0.1) is 22.6 Å². The average molecular weight is 407 g/mol. The zero-order valence-corrected chi connectivity index (χ0v) is 16.0. The molecule has 10 heteroatoms. The van der Waals surface area contributed by atoms with Gasteiger partial charge in [-0.25, -0.2) is 0 Å². The first kappa shape index (κ1) is 19.3. The summed E-state index contributed by atoms with van der Waals surface area (Å²) < 4.78 is 7.08. The average Bonchev–Trinajstić information content (AvgIpc) is 3.42. The zero-order valence-electron chi connectivity index (χ0n) is 14.4. The lowest BCUT2D eigenvalue weighted by molar-refractivity contribution is 0.102.